The Bertz CT molecular complexity index is 438. The van der Waals surface area contributed by atoms with Gasteiger partial charge in [0.15, 0.2) is 0 Å². The van der Waals surface area contributed by atoms with E-state index < -0.39 is 0 Å². The zero-order valence-corrected chi connectivity index (χ0v) is 20.3. The van der Waals surface area contributed by atoms with E-state index in [9.17, 15) is 4.79 Å². The molecule has 160 valence electrons. The van der Waals surface area contributed by atoms with Crippen molar-refractivity contribution >= 4 is 22.2 Å². The Morgan fingerprint density at radius 3 is 2.00 bits per heavy atom. The molecule has 0 bridgehead atoms. The van der Waals surface area contributed by atoms with Crippen molar-refractivity contribution < 1.29 is 13.2 Å². The van der Waals surface area contributed by atoms with Gasteiger partial charge in [-0.3, -0.25) is 4.79 Å². The van der Waals surface area contributed by atoms with Crippen LogP contribution in [0.25, 0.3) is 0 Å². The van der Waals surface area contributed by atoms with Crippen molar-refractivity contribution in [2.75, 3.05) is 26.2 Å². The van der Waals surface area contributed by atoms with Crippen LogP contribution in [0.3, 0.4) is 0 Å². The quantitative estimate of drug-likeness (QED) is 0.364. The van der Waals surface area contributed by atoms with Gasteiger partial charge in [-0.15, -0.1) is 0 Å². The average Bonchev–Trinajstić information content (AvgIpc) is 2.56. The smallest absolute Gasteiger partial charge is 0.220 e. The number of hydroxylamine groups is 2. The van der Waals surface area contributed by atoms with Crippen LogP contribution in [-0.4, -0.2) is 58.8 Å². The number of carbonyl (C=O) groups excluding carboxylic acids is 1. The maximum absolute atomic E-state index is 12.4. The Balaban J connectivity index is 2.39. The first-order valence-electron chi connectivity index (χ1n) is 10.8. The number of hydrogen-bond acceptors (Lipinski definition) is 3. The normalized spacial score (nSPS) is 20.6. The Labute approximate surface area is 176 Å². The molecule has 1 aliphatic rings. The van der Waals surface area contributed by atoms with Gasteiger partial charge in [0.05, 0.1) is 26.2 Å². The molecule has 0 spiro atoms. The Hall–Kier alpha value is -0.170. The molecule has 1 fully saturated rings. The molecule has 1 heterocycles. The SMILES string of the molecule is CC[N+](CC)(CC)CCCCCC(=O)NC1CC(C)(C)N(OBr)C(C)(C)C1. The van der Waals surface area contributed by atoms with E-state index in [1.165, 1.54) is 37.1 Å². The van der Waals surface area contributed by atoms with E-state index >= 15 is 0 Å². The van der Waals surface area contributed by atoms with Crippen molar-refractivity contribution in [2.24, 2.45) is 0 Å². The lowest BCUT2D eigenvalue weighted by atomic mass is 9.79. The van der Waals surface area contributed by atoms with Gasteiger partial charge in [-0.1, -0.05) is 0 Å². The second-order valence-electron chi connectivity index (χ2n) is 9.49. The lowest BCUT2D eigenvalue weighted by molar-refractivity contribution is -0.923. The lowest BCUT2D eigenvalue weighted by Gasteiger charge is -2.52. The number of unbranched alkanes of at least 4 members (excludes halogenated alkanes) is 2. The molecule has 1 amide bonds. The zero-order chi connectivity index (χ0) is 20.7. The van der Waals surface area contributed by atoms with Crippen molar-refractivity contribution in [2.45, 2.75) is 104 Å². The number of rotatable bonds is 11. The molecule has 0 saturated carbocycles. The Kier molecular flexibility index (Phi) is 9.73. The van der Waals surface area contributed by atoms with Crippen LogP contribution in [0.15, 0.2) is 0 Å². The standard InChI is InChI=1S/C21H42BrN3O2/c1-8-25(9-2,10-3)15-13-11-12-14-19(26)23-18-16-20(4,5)24(27-22)21(6,7)17-18/h18H,8-17H2,1-7H3/p+1. The van der Waals surface area contributed by atoms with Crippen LogP contribution >= 0.6 is 16.3 Å². The van der Waals surface area contributed by atoms with Crippen LogP contribution in [0.5, 0.6) is 0 Å². The number of nitrogens with zero attached hydrogens (tertiary/aromatic N) is 2. The van der Waals surface area contributed by atoms with Crippen molar-refractivity contribution in [3.8, 4) is 0 Å². The molecule has 1 aliphatic heterocycles. The van der Waals surface area contributed by atoms with Gasteiger partial charge in [0, 0.05) is 23.5 Å². The molecule has 0 aliphatic carbocycles. The summed E-state index contributed by atoms with van der Waals surface area (Å²) in [6.45, 7) is 20.4. The fourth-order valence-corrected chi connectivity index (χ4v) is 5.69. The van der Waals surface area contributed by atoms with E-state index in [2.05, 4.69) is 70.0 Å². The predicted molar refractivity (Wildman–Crippen MR) is 116 cm³/mol. The van der Waals surface area contributed by atoms with Crippen LogP contribution in [0.1, 0.15) is 87.0 Å². The Morgan fingerprint density at radius 1 is 1.04 bits per heavy atom. The first-order valence-corrected chi connectivity index (χ1v) is 11.4. The summed E-state index contributed by atoms with van der Waals surface area (Å²) >= 11 is 3.15. The van der Waals surface area contributed by atoms with Gasteiger partial charge in [-0.25, -0.2) is 3.93 Å². The summed E-state index contributed by atoms with van der Waals surface area (Å²) in [6.07, 6.45) is 5.75. The number of quaternary nitrogens is 1. The van der Waals surface area contributed by atoms with E-state index in [4.69, 9.17) is 3.93 Å². The van der Waals surface area contributed by atoms with Crippen LogP contribution in [-0.2, 0) is 8.72 Å². The van der Waals surface area contributed by atoms with E-state index in [0.29, 0.717) is 6.42 Å². The average molecular weight is 449 g/mol. The largest absolute Gasteiger partial charge is 0.353 e. The maximum Gasteiger partial charge on any atom is 0.220 e. The number of piperidine rings is 1. The first kappa shape index (κ1) is 24.9. The third kappa shape index (κ3) is 6.98. The molecule has 0 atom stereocenters. The summed E-state index contributed by atoms with van der Waals surface area (Å²) in [5.74, 6) is 0.196. The maximum atomic E-state index is 12.4. The highest BCUT2D eigenvalue weighted by molar-refractivity contribution is 9.05. The summed E-state index contributed by atoms with van der Waals surface area (Å²) in [4.78, 5) is 12.4. The molecule has 1 saturated heterocycles. The van der Waals surface area contributed by atoms with Crippen molar-refractivity contribution in [1.82, 2.24) is 10.4 Å². The van der Waals surface area contributed by atoms with Gasteiger partial charge in [-0.2, -0.15) is 5.06 Å². The number of hydrogen-bond donors (Lipinski definition) is 1. The topological polar surface area (TPSA) is 41.6 Å². The Morgan fingerprint density at radius 2 is 1.56 bits per heavy atom. The van der Waals surface area contributed by atoms with E-state index in [1.54, 1.807) is 0 Å². The molecule has 27 heavy (non-hydrogen) atoms. The van der Waals surface area contributed by atoms with Crippen molar-refractivity contribution in [1.29, 1.82) is 0 Å². The van der Waals surface area contributed by atoms with Crippen molar-refractivity contribution in [3.05, 3.63) is 0 Å². The van der Waals surface area contributed by atoms with Gasteiger partial charge >= 0.3 is 0 Å². The van der Waals surface area contributed by atoms with E-state index in [-0.39, 0.29) is 23.0 Å². The fraction of sp³-hybridized carbons (Fsp3) is 0.952. The minimum atomic E-state index is -0.134. The number of halogens is 1. The minimum absolute atomic E-state index is 0.134. The molecule has 6 heteroatoms. The summed E-state index contributed by atoms with van der Waals surface area (Å²) in [6, 6.07) is 0.200. The van der Waals surface area contributed by atoms with Crippen molar-refractivity contribution in [3.63, 3.8) is 0 Å². The van der Waals surface area contributed by atoms with Gasteiger partial charge in [-0.05, 0) is 80.6 Å². The molecular formula is C21H43BrN3O2+. The van der Waals surface area contributed by atoms with E-state index in [1.807, 2.05) is 5.06 Å². The summed E-state index contributed by atoms with van der Waals surface area (Å²) < 4.78 is 6.65. The third-order valence-electron chi connectivity index (χ3n) is 6.57. The molecule has 0 aromatic rings. The minimum Gasteiger partial charge on any atom is -0.353 e. The highest BCUT2D eigenvalue weighted by atomic mass is 79.9. The first-order chi connectivity index (χ1) is 12.6. The monoisotopic (exact) mass is 448 g/mol. The van der Waals surface area contributed by atoms with Crippen LogP contribution < -0.4 is 5.32 Å². The lowest BCUT2D eigenvalue weighted by Crippen LogP contribution is -2.63. The molecule has 1 N–H and O–H groups in total. The summed E-state index contributed by atoms with van der Waals surface area (Å²) in [7, 11) is 0. The second-order valence-corrected chi connectivity index (χ2v) is 9.78. The highest BCUT2D eigenvalue weighted by Gasteiger charge is 2.46. The molecule has 0 aromatic carbocycles. The second kappa shape index (κ2) is 10.6. The van der Waals surface area contributed by atoms with Gasteiger partial charge in [0.1, 0.15) is 16.3 Å². The summed E-state index contributed by atoms with van der Waals surface area (Å²) in [5, 5.41) is 5.28. The fourth-order valence-electron chi connectivity index (χ4n) is 4.91. The molecule has 0 aromatic heterocycles. The zero-order valence-electron chi connectivity index (χ0n) is 18.7. The van der Waals surface area contributed by atoms with Crippen LogP contribution in [0.2, 0.25) is 0 Å². The van der Waals surface area contributed by atoms with Crippen LogP contribution in [0.4, 0.5) is 0 Å². The van der Waals surface area contributed by atoms with E-state index in [0.717, 1.165) is 25.7 Å². The predicted octanol–water partition coefficient (Wildman–Crippen LogP) is 4.80. The number of carbonyl (C=O) groups is 1. The molecule has 5 nitrogen and oxygen atoms in total. The third-order valence-corrected chi connectivity index (χ3v) is 6.86. The molecule has 0 unspecified atom stereocenters. The summed E-state index contributed by atoms with van der Waals surface area (Å²) in [5.41, 5.74) is -0.268. The number of nitrogens with one attached hydrogen (secondary N) is 1. The molecule has 1 rings (SSSR count). The number of amides is 1. The molecule has 0 radical (unpaired) electrons. The van der Waals surface area contributed by atoms with Gasteiger partial charge < -0.3 is 9.80 Å². The van der Waals surface area contributed by atoms with Gasteiger partial charge in [0.2, 0.25) is 5.91 Å². The van der Waals surface area contributed by atoms with Gasteiger partial charge in [0.25, 0.3) is 0 Å². The highest BCUT2D eigenvalue weighted by Crippen LogP contribution is 2.39. The van der Waals surface area contributed by atoms with Crippen LogP contribution in [0, 0.1) is 0 Å². The molecular weight excluding hydrogens is 406 g/mol.